The van der Waals surface area contributed by atoms with Crippen LogP contribution in [0.25, 0.3) is 11.1 Å². The molecule has 0 aliphatic heterocycles. The number of benzene rings is 2. The first-order valence-electron chi connectivity index (χ1n) is 7.58. The average molecular weight is 326 g/mol. The van der Waals surface area contributed by atoms with Gasteiger partial charge in [0.25, 0.3) is 0 Å². The summed E-state index contributed by atoms with van der Waals surface area (Å²) in [5.74, 6) is 1.72. The fourth-order valence-electron chi connectivity index (χ4n) is 2.34. The van der Waals surface area contributed by atoms with Crippen molar-refractivity contribution in [2.75, 3.05) is 19.0 Å². The molecule has 0 saturated carbocycles. The molecule has 124 valence electrons. The maximum atomic E-state index is 12.0. The fraction of sp³-hybridized carbons (Fsp3) is 0.222. The van der Waals surface area contributed by atoms with Crippen molar-refractivity contribution in [2.45, 2.75) is 13.3 Å². The summed E-state index contributed by atoms with van der Waals surface area (Å²) in [6, 6.07) is 12.7. The summed E-state index contributed by atoms with van der Waals surface area (Å²) in [7, 11) is 1.58. The molecule has 3 rings (SSSR count). The largest absolute Gasteiger partial charge is 0.493 e. The second kappa shape index (κ2) is 7.04. The van der Waals surface area contributed by atoms with Crippen molar-refractivity contribution in [1.82, 2.24) is 4.98 Å². The minimum absolute atomic E-state index is 0.135. The lowest BCUT2D eigenvalue weighted by Gasteiger charge is -2.10. The Hall–Kier alpha value is -3.02. The average Bonchev–Trinajstić information content (AvgIpc) is 2.94. The van der Waals surface area contributed by atoms with Crippen molar-refractivity contribution in [2.24, 2.45) is 0 Å². The van der Waals surface area contributed by atoms with Gasteiger partial charge in [-0.25, -0.2) is 4.98 Å². The quantitative estimate of drug-likeness (QED) is 0.750. The summed E-state index contributed by atoms with van der Waals surface area (Å²) in [5, 5.41) is 2.83. The molecule has 1 heterocycles. The molecule has 1 amide bonds. The Balaban J connectivity index is 1.55. The van der Waals surface area contributed by atoms with Gasteiger partial charge in [-0.15, -0.1) is 0 Å². The van der Waals surface area contributed by atoms with Crippen LogP contribution >= 0.6 is 0 Å². The number of nitrogens with one attached hydrogen (secondary N) is 1. The Labute approximate surface area is 139 Å². The van der Waals surface area contributed by atoms with Crippen LogP contribution in [0.4, 0.5) is 5.69 Å². The SMILES string of the molecule is COc1ccccc1OCCC(=O)Nc1ccc2oc(C)nc2c1. The van der Waals surface area contributed by atoms with Crippen LogP contribution in [0.15, 0.2) is 46.9 Å². The summed E-state index contributed by atoms with van der Waals surface area (Å²) >= 11 is 0. The standard InChI is InChI=1S/C18H18N2O4/c1-12-19-14-11-13(7-8-15(14)24-12)20-18(21)9-10-23-17-6-4-3-5-16(17)22-2/h3-8,11H,9-10H2,1-2H3,(H,20,21). The van der Waals surface area contributed by atoms with Gasteiger partial charge in [0.05, 0.1) is 20.1 Å². The number of fused-ring (bicyclic) bond motifs is 1. The molecule has 0 spiro atoms. The van der Waals surface area contributed by atoms with E-state index in [1.54, 1.807) is 38.3 Å². The minimum Gasteiger partial charge on any atom is -0.493 e. The number of methoxy groups -OCH3 is 1. The zero-order valence-corrected chi connectivity index (χ0v) is 13.5. The molecule has 1 aromatic heterocycles. The Morgan fingerprint density at radius 3 is 2.79 bits per heavy atom. The van der Waals surface area contributed by atoms with Crippen molar-refractivity contribution in [1.29, 1.82) is 0 Å². The molecular weight excluding hydrogens is 308 g/mol. The fourth-order valence-corrected chi connectivity index (χ4v) is 2.34. The maximum Gasteiger partial charge on any atom is 0.227 e. The van der Waals surface area contributed by atoms with E-state index in [1.165, 1.54) is 0 Å². The van der Waals surface area contributed by atoms with Gasteiger partial charge in [0.2, 0.25) is 5.91 Å². The molecule has 2 aromatic carbocycles. The molecule has 3 aromatic rings. The first kappa shape index (κ1) is 15.9. The van der Waals surface area contributed by atoms with E-state index in [-0.39, 0.29) is 18.9 Å². The first-order valence-corrected chi connectivity index (χ1v) is 7.58. The van der Waals surface area contributed by atoms with Crippen LogP contribution in [0.2, 0.25) is 0 Å². The van der Waals surface area contributed by atoms with Gasteiger partial charge in [-0.2, -0.15) is 0 Å². The van der Waals surface area contributed by atoms with Gasteiger partial charge in [0, 0.05) is 12.6 Å². The van der Waals surface area contributed by atoms with Crippen LogP contribution in [0, 0.1) is 6.92 Å². The van der Waals surface area contributed by atoms with Crippen LogP contribution in [0.1, 0.15) is 12.3 Å². The molecule has 0 aliphatic carbocycles. The first-order chi connectivity index (χ1) is 11.7. The van der Waals surface area contributed by atoms with Gasteiger partial charge in [-0.1, -0.05) is 12.1 Å². The van der Waals surface area contributed by atoms with Gasteiger partial charge in [-0.05, 0) is 30.3 Å². The summed E-state index contributed by atoms with van der Waals surface area (Å²) in [4.78, 5) is 16.3. The zero-order chi connectivity index (χ0) is 16.9. The van der Waals surface area contributed by atoms with E-state index in [1.807, 2.05) is 18.2 Å². The number of amides is 1. The second-order valence-electron chi connectivity index (χ2n) is 5.21. The number of carbonyl (C=O) groups is 1. The van der Waals surface area contributed by atoms with E-state index in [0.717, 1.165) is 5.52 Å². The number of anilines is 1. The number of aromatic nitrogens is 1. The summed E-state index contributed by atoms with van der Waals surface area (Å²) in [6.07, 6.45) is 0.230. The molecule has 0 radical (unpaired) electrons. The summed E-state index contributed by atoms with van der Waals surface area (Å²) in [6.45, 7) is 2.05. The lowest BCUT2D eigenvalue weighted by atomic mass is 10.2. The maximum absolute atomic E-state index is 12.0. The number of hydrogen-bond donors (Lipinski definition) is 1. The predicted octanol–water partition coefficient (Wildman–Crippen LogP) is 3.55. The topological polar surface area (TPSA) is 73.6 Å². The Bertz CT molecular complexity index is 857. The minimum atomic E-state index is -0.135. The molecule has 0 unspecified atom stereocenters. The molecule has 1 N–H and O–H groups in total. The Morgan fingerprint density at radius 1 is 1.21 bits per heavy atom. The monoisotopic (exact) mass is 326 g/mol. The van der Waals surface area contributed by atoms with Crippen molar-refractivity contribution < 1.29 is 18.7 Å². The van der Waals surface area contributed by atoms with Crippen LogP contribution < -0.4 is 14.8 Å². The zero-order valence-electron chi connectivity index (χ0n) is 13.5. The van der Waals surface area contributed by atoms with Gasteiger partial charge in [0.1, 0.15) is 5.52 Å². The lowest BCUT2D eigenvalue weighted by molar-refractivity contribution is -0.116. The van der Waals surface area contributed by atoms with E-state index >= 15 is 0 Å². The van der Waals surface area contributed by atoms with E-state index < -0.39 is 0 Å². The normalized spacial score (nSPS) is 10.6. The highest BCUT2D eigenvalue weighted by atomic mass is 16.5. The third kappa shape index (κ3) is 3.65. The number of aryl methyl sites for hydroxylation is 1. The van der Waals surface area contributed by atoms with E-state index in [9.17, 15) is 4.79 Å². The van der Waals surface area contributed by atoms with Crippen LogP contribution in [0.5, 0.6) is 11.5 Å². The Morgan fingerprint density at radius 2 is 2.00 bits per heavy atom. The van der Waals surface area contributed by atoms with Crippen molar-refractivity contribution in [3.8, 4) is 11.5 Å². The smallest absolute Gasteiger partial charge is 0.227 e. The summed E-state index contributed by atoms with van der Waals surface area (Å²) < 4.78 is 16.2. The molecule has 0 fully saturated rings. The highest BCUT2D eigenvalue weighted by molar-refractivity contribution is 5.92. The highest BCUT2D eigenvalue weighted by Gasteiger charge is 2.08. The number of ether oxygens (including phenoxy) is 2. The molecule has 0 bridgehead atoms. The second-order valence-corrected chi connectivity index (χ2v) is 5.21. The van der Waals surface area contributed by atoms with E-state index in [0.29, 0.717) is 28.7 Å². The lowest BCUT2D eigenvalue weighted by Crippen LogP contribution is -2.15. The van der Waals surface area contributed by atoms with E-state index in [4.69, 9.17) is 13.9 Å². The molecule has 24 heavy (non-hydrogen) atoms. The predicted molar refractivity (Wildman–Crippen MR) is 90.5 cm³/mol. The molecule has 0 saturated heterocycles. The van der Waals surface area contributed by atoms with Crippen molar-refractivity contribution >= 4 is 22.7 Å². The third-order valence-electron chi connectivity index (χ3n) is 3.43. The number of para-hydroxylation sites is 2. The van der Waals surface area contributed by atoms with Gasteiger partial charge in [-0.3, -0.25) is 4.79 Å². The molecule has 0 aliphatic rings. The number of rotatable bonds is 6. The van der Waals surface area contributed by atoms with Gasteiger partial charge >= 0.3 is 0 Å². The number of hydrogen-bond acceptors (Lipinski definition) is 5. The highest BCUT2D eigenvalue weighted by Crippen LogP contribution is 2.25. The Kier molecular flexibility index (Phi) is 4.65. The third-order valence-corrected chi connectivity index (χ3v) is 3.43. The van der Waals surface area contributed by atoms with Crippen LogP contribution in [0.3, 0.4) is 0 Å². The van der Waals surface area contributed by atoms with Crippen molar-refractivity contribution in [3.63, 3.8) is 0 Å². The van der Waals surface area contributed by atoms with Crippen LogP contribution in [-0.2, 0) is 4.79 Å². The van der Waals surface area contributed by atoms with Gasteiger partial charge in [0.15, 0.2) is 23.0 Å². The number of nitrogens with zero attached hydrogens (tertiary/aromatic N) is 1. The molecular formula is C18H18N2O4. The number of oxazole rings is 1. The van der Waals surface area contributed by atoms with Gasteiger partial charge < -0.3 is 19.2 Å². The molecule has 0 atom stereocenters. The summed E-state index contributed by atoms with van der Waals surface area (Å²) in [5.41, 5.74) is 2.10. The van der Waals surface area contributed by atoms with Crippen LogP contribution in [-0.4, -0.2) is 24.6 Å². The molecule has 6 heteroatoms. The number of carbonyl (C=O) groups excluding carboxylic acids is 1. The molecule has 6 nitrogen and oxygen atoms in total. The van der Waals surface area contributed by atoms with Crippen molar-refractivity contribution in [3.05, 3.63) is 48.4 Å². The van der Waals surface area contributed by atoms with E-state index in [2.05, 4.69) is 10.3 Å².